The number of carboxylic acids is 1. The number of para-hydroxylation sites is 1. The lowest BCUT2D eigenvalue weighted by atomic mass is 10.2. The molecule has 5 nitrogen and oxygen atoms in total. The molecule has 0 aliphatic carbocycles. The summed E-state index contributed by atoms with van der Waals surface area (Å²) in [6.07, 6.45) is 1.32. The minimum Gasteiger partial charge on any atom is -0.476 e. The predicted molar refractivity (Wildman–Crippen MR) is 81.2 cm³/mol. The van der Waals surface area contributed by atoms with E-state index in [4.69, 9.17) is 4.74 Å². The summed E-state index contributed by atoms with van der Waals surface area (Å²) < 4.78 is 20.5. The summed E-state index contributed by atoms with van der Waals surface area (Å²) in [5, 5.41) is 13.4. The number of benzene rings is 2. The largest absolute Gasteiger partial charge is 0.476 e. The molecule has 0 radical (unpaired) electrons. The summed E-state index contributed by atoms with van der Waals surface area (Å²) in [4.78, 5) is 11.5. The van der Waals surface area contributed by atoms with E-state index in [9.17, 15) is 14.3 Å². The van der Waals surface area contributed by atoms with Crippen LogP contribution in [-0.4, -0.2) is 20.9 Å². The van der Waals surface area contributed by atoms with Crippen molar-refractivity contribution >= 4 is 5.97 Å². The number of aromatic nitrogens is 2. The van der Waals surface area contributed by atoms with E-state index in [2.05, 4.69) is 5.10 Å². The molecule has 2 aromatic carbocycles. The van der Waals surface area contributed by atoms with E-state index in [0.29, 0.717) is 11.3 Å². The Bertz CT molecular complexity index is 831. The van der Waals surface area contributed by atoms with Crippen LogP contribution >= 0.6 is 0 Å². The van der Waals surface area contributed by atoms with Gasteiger partial charge in [-0.15, -0.1) is 0 Å². The number of nitrogens with zero attached hydrogens (tertiary/aromatic N) is 2. The number of hydrogen-bond donors (Lipinski definition) is 1. The molecular formula is C17H13FN2O3. The van der Waals surface area contributed by atoms with Gasteiger partial charge in [0, 0.05) is 5.56 Å². The number of carboxylic acid groups (broad SMARTS) is 1. The maximum atomic E-state index is 13.7. The van der Waals surface area contributed by atoms with Crippen molar-refractivity contribution in [3.8, 4) is 11.5 Å². The van der Waals surface area contributed by atoms with Crippen molar-refractivity contribution in [3.63, 3.8) is 0 Å². The van der Waals surface area contributed by atoms with Gasteiger partial charge in [-0.2, -0.15) is 5.10 Å². The molecule has 3 rings (SSSR count). The molecule has 0 aliphatic heterocycles. The second kappa shape index (κ2) is 6.31. The molecule has 0 saturated carbocycles. The van der Waals surface area contributed by atoms with E-state index in [1.54, 1.807) is 42.5 Å². The van der Waals surface area contributed by atoms with Gasteiger partial charge in [-0.1, -0.05) is 36.4 Å². The molecule has 0 fully saturated rings. The molecule has 23 heavy (non-hydrogen) atoms. The first-order valence-electron chi connectivity index (χ1n) is 6.90. The standard InChI is InChI=1S/C17H13FN2O3/c18-14-9-5-4-6-12(14)11-20-16(17(21)22)15(10-19-20)23-13-7-2-1-3-8-13/h1-10H,11H2,(H,21,22). The first-order chi connectivity index (χ1) is 11.1. The van der Waals surface area contributed by atoms with E-state index in [1.165, 1.54) is 16.9 Å². The molecule has 0 unspecified atom stereocenters. The summed E-state index contributed by atoms with van der Waals surface area (Å²) in [6, 6.07) is 15.0. The Balaban J connectivity index is 1.93. The minimum absolute atomic E-state index is 0.00641. The number of aromatic carboxylic acids is 1. The molecule has 0 saturated heterocycles. The molecule has 1 N–H and O–H groups in total. The van der Waals surface area contributed by atoms with Crippen molar-refractivity contribution in [2.24, 2.45) is 0 Å². The van der Waals surface area contributed by atoms with Crippen molar-refractivity contribution in [3.05, 3.63) is 77.9 Å². The summed E-state index contributed by atoms with van der Waals surface area (Å²) >= 11 is 0. The second-order valence-corrected chi connectivity index (χ2v) is 4.83. The van der Waals surface area contributed by atoms with Crippen molar-refractivity contribution in [1.82, 2.24) is 9.78 Å². The molecule has 0 atom stereocenters. The number of hydrogen-bond acceptors (Lipinski definition) is 3. The summed E-state index contributed by atoms with van der Waals surface area (Å²) in [5.74, 6) is -0.991. The first-order valence-corrected chi connectivity index (χ1v) is 6.90. The fraction of sp³-hybridized carbons (Fsp3) is 0.0588. The molecule has 0 amide bonds. The minimum atomic E-state index is -1.19. The van der Waals surface area contributed by atoms with Crippen molar-refractivity contribution in [2.75, 3.05) is 0 Å². The van der Waals surface area contributed by atoms with Gasteiger partial charge in [0.1, 0.15) is 11.6 Å². The zero-order valence-corrected chi connectivity index (χ0v) is 12.0. The lowest BCUT2D eigenvalue weighted by Crippen LogP contribution is -2.12. The SMILES string of the molecule is O=C(O)c1c(Oc2ccccc2)cnn1Cc1ccccc1F. The van der Waals surface area contributed by atoms with E-state index < -0.39 is 11.8 Å². The summed E-state index contributed by atoms with van der Waals surface area (Å²) in [5.41, 5.74) is 0.224. The van der Waals surface area contributed by atoms with E-state index in [1.807, 2.05) is 6.07 Å². The fourth-order valence-electron chi connectivity index (χ4n) is 2.18. The maximum absolute atomic E-state index is 13.7. The van der Waals surface area contributed by atoms with Crippen LogP contribution in [0, 0.1) is 5.82 Å². The van der Waals surface area contributed by atoms with Crippen LogP contribution in [0.3, 0.4) is 0 Å². The average Bonchev–Trinajstić information content (AvgIpc) is 2.93. The number of rotatable bonds is 5. The Morgan fingerprint density at radius 2 is 1.83 bits per heavy atom. The Kier molecular flexibility index (Phi) is 4.05. The summed E-state index contributed by atoms with van der Waals surface area (Å²) in [7, 11) is 0. The summed E-state index contributed by atoms with van der Waals surface area (Å²) in [6.45, 7) is 0.00641. The third-order valence-corrected chi connectivity index (χ3v) is 3.26. The highest BCUT2D eigenvalue weighted by Crippen LogP contribution is 2.25. The van der Waals surface area contributed by atoms with E-state index in [0.717, 1.165) is 0 Å². The molecule has 1 aromatic heterocycles. The van der Waals surface area contributed by atoms with Crippen LogP contribution in [0.25, 0.3) is 0 Å². The zero-order valence-electron chi connectivity index (χ0n) is 12.0. The molecule has 0 aliphatic rings. The van der Waals surface area contributed by atoms with Gasteiger partial charge in [-0.3, -0.25) is 4.68 Å². The van der Waals surface area contributed by atoms with Gasteiger partial charge >= 0.3 is 5.97 Å². The molecular weight excluding hydrogens is 299 g/mol. The lowest BCUT2D eigenvalue weighted by Gasteiger charge is -2.08. The van der Waals surface area contributed by atoms with Crippen molar-refractivity contribution in [1.29, 1.82) is 0 Å². The number of ether oxygens (including phenoxy) is 1. The topological polar surface area (TPSA) is 64.3 Å². The van der Waals surface area contributed by atoms with Crippen LogP contribution in [0.15, 0.2) is 60.8 Å². The predicted octanol–water partition coefficient (Wildman–Crippen LogP) is 3.56. The smallest absolute Gasteiger partial charge is 0.358 e. The molecule has 1 heterocycles. The van der Waals surface area contributed by atoms with Gasteiger partial charge in [-0.25, -0.2) is 9.18 Å². The highest BCUT2D eigenvalue weighted by molar-refractivity contribution is 5.89. The van der Waals surface area contributed by atoms with Gasteiger partial charge in [0.05, 0.1) is 12.7 Å². The Morgan fingerprint density at radius 1 is 1.13 bits per heavy atom. The van der Waals surface area contributed by atoms with Gasteiger partial charge in [-0.05, 0) is 18.2 Å². The fourth-order valence-corrected chi connectivity index (χ4v) is 2.18. The van der Waals surface area contributed by atoms with Crippen LogP contribution < -0.4 is 4.74 Å². The third-order valence-electron chi connectivity index (χ3n) is 3.26. The quantitative estimate of drug-likeness (QED) is 0.782. The van der Waals surface area contributed by atoms with E-state index in [-0.39, 0.29) is 18.0 Å². The molecule has 116 valence electrons. The Hall–Kier alpha value is -3.15. The van der Waals surface area contributed by atoms with Gasteiger partial charge in [0.25, 0.3) is 0 Å². The molecule has 0 bridgehead atoms. The van der Waals surface area contributed by atoms with Crippen LogP contribution in [0.2, 0.25) is 0 Å². The Labute approximate surface area is 131 Å². The maximum Gasteiger partial charge on any atom is 0.358 e. The number of halogens is 1. The van der Waals surface area contributed by atoms with Crippen LogP contribution in [0.4, 0.5) is 4.39 Å². The van der Waals surface area contributed by atoms with E-state index >= 15 is 0 Å². The van der Waals surface area contributed by atoms with Crippen LogP contribution in [-0.2, 0) is 6.54 Å². The lowest BCUT2D eigenvalue weighted by molar-refractivity contribution is 0.0681. The van der Waals surface area contributed by atoms with Gasteiger partial charge < -0.3 is 9.84 Å². The molecule has 6 heteroatoms. The van der Waals surface area contributed by atoms with Crippen LogP contribution in [0.1, 0.15) is 16.1 Å². The third kappa shape index (κ3) is 3.21. The second-order valence-electron chi connectivity index (χ2n) is 4.83. The van der Waals surface area contributed by atoms with Crippen molar-refractivity contribution in [2.45, 2.75) is 6.54 Å². The normalized spacial score (nSPS) is 10.5. The first kappa shape index (κ1) is 14.8. The van der Waals surface area contributed by atoms with Crippen LogP contribution in [0.5, 0.6) is 11.5 Å². The average molecular weight is 312 g/mol. The highest BCUT2D eigenvalue weighted by Gasteiger charge is 2.20. The number of carbonyl (C=O) groups is 1. The van der Waals surface area contributed by atoms with Crippen molar-refractivity contribution < 1.29 is 19.0 Å². The zero-order chi connectivity index (χ0) is 16.2. The Morgan fingerprint density at radius 3 is 2.52 bits per heavy atom. The van der Waals surface area contributed by atoms with Gasteiger partial charge in [0.2, 0.25) is 0 Å². The van der Waals surface area contributed by atoms with Gasteiger partial charge in [0.15, 0.2) is 11.4 Å². The monoisotopic (exact) mass is 312 g/mol. The molecule has 0 spiro atoms. The molecule has 3 aromatic rings. The highest BCUT2D eigenvalue weighted by atomic mass is 19.1.